The number of aliphatic hydroxyl groups excluding tert-OH is 1. The van der Waals surface area contributed by atoms with Gasteiger partial charge in [-0.25, -0.2) is 0 Å². The standard InChI is InChI=1S/C8H15NO5/c1-13-8(14-2)4-9(5-8)6(3-10)7(11)12/h6,10H,3-5H2,1-2H3,(H,11,12). The van der Waals surface area contributed by atoms with Gasteiger partial charge in [-0.1, -0.05) is 0 Å². The number of hydrogen-bond donors (Lipinski definition) is 2. The highest BCUT2D eigenvalue weighted by Crippen LogP contribution is 2.26. The molecule has 1 aliphatic heterocycles. The summed E-state index contributed by atoms with van der Waals surface area (Å²) in [7, 11) is 3.02. The summed E-state index contributed by atoms with van der Waals surface area (Å²) in [4.78, 5) is 12.3. The van der Waals surface area contributed by atoms with Crippen LogP contribution in [0.4, 0.5) is 0 Å². The molecule has 1 heterocycles. The molecule has 0 aromatic rings. The Balaban J connectivity index is 2.49. The first kappa shape index (κ1) is 11.4. The van der Waals surface area contributed by atoms with Crippen LogP contribution in [0.1, 0.15) is 0 Å². The maximum atomic E-state index is 10.7. The summed E-state index contributed by atoms with van der Waals surface area (Å²) < 4.78 is 10.2. The molecule has 1 atom stereocenters. The van der Waals surface area contributed by atoms with Crippen LogP contribution in [0.5, 0.6) is 0 Å². The number of nitrogens with zero attached hydrogens (tertiary/aromatic N) is 1. The van der Waals surface area contributed by atoms with E-state index >= 15 is 0 Å². The highest BCUT2D eigenvalue weighted by atomic mass is 16.7. The van der Waals surface area contributed by atoms with Gasteiger partial charge in [0.1, 0.15) is 6.04 Å². The number of aliphatic carboxylic acids is 1. The molecule has 82 valence electrons. The molecule has 14 heavy (non-hydrogen) atoms. The number of carboxylic acid groups (broad SMARTS) is 1. The van der Waals surface area contributed by atoms with Crippen molar-refractivity contribution in [3.63, 3.8) is 0 Å². The van der Waals surface area contributed by atoms with E-state index in [-0.39, 0.29) is 0 Å². The molecule has 0 radical (unpaired) electrons. The van der Waals surface area contributed by atoms with Gasteiger partial charge in [0.2, 0.25) is 0 Å². The minimum atomic E-state index is -1.03. The summed E-state index contributed by atoms with van der Waals surface area (Å²) in [6.07, 6.45) is 0. The van der Waals surface area contributed by atoms with Gasteiger partial charge in [-0.15, -0.1) is 0 Å². The molecule has 2 N–H and O–H groups in total. The predicted molar refractivity (Wildman–Crippen MR) is 46.8 cm³/mol. The van der Waals surface area contributed by atoms with E-state index in [4.69, 9.17) is 19.7 Å². The highest BCUT2D eigenvalue weighted by molar-refractivity contribution is 5.73. The van der Waals surface area contributed by atoms with Crippen LogP contribution in [0.3, 0.4) is 0 Å². The Morgan fingerprint density at radius 3 is 2.29 bits per heavy atom. The van der Waals surface area contributed by atoms with Crippen molar-refractivity contribution in [2.75, 3.05) is 33.9 Å². The minimum Gasteiger partial charge on any atom is -0.480 e. The summed E-state index contributed by atoms with van der Waals surface area (Å²) in [6.45, 7) is 0.313. The number of hydrogen-bond acceptors (Lipinski definition) is 5. The fourth-order valence-corrected chi connectivity index (χ4v) is 1.48. The van der Waals surface area contributed by atoms with Gasteiger partial charge < -0.3 is 19.7 Å². The molecule has 0 aromatic carbocycles. The van der Waals surface area contributed by atoms with E-state index in [0.29, 0.717) is 13.1 Å². The van der Waals surface area contributed by atoms with Crippen LogP contribution >= 0.6 is 0 Å². The molecule has 0 aliphatic carbocycles. The van der Waals surface area contributed by atoms with Crippen molar-refractivity contribution in [2.24, 2.45) is 0 Å². The van der Waals surface area contributed by atoms with Crippen LogP contribution in [0, 0.1) is 0 Å². The van der Waals surface area contributed by atoms with Crippen molar-refractivity contribution in [1.82, 2.24) is 4.90 Å². The molecule has 1 rings (SSSR count). The third kappa shape index (κ3) is 1.88. The van der Waals surface area contributed by atoms with Crippen LogP contribution in [0.2, 0.25) is 0 Å². The number of carbonyl (C=O) groups is 1. The molecule has 1 saturated heterocycles. The van der Waals surface area contributed by atoms with E-state index in [1.165, 1.54) is 14.2 Å². The van der Waals surface area contributed by atoms with E-state index in [2.05, 4.69) is 0 Å². The first-order chi connectivity index (χ1) is 6.58. The zero-order chi connectivity index (χ0) is 10.8. The monoisotopic (exact) mass is 205 g/mol. The summed E-state index contributed by atoms with van der Waals surface area (Å²) in [5, 5.41) is 17.6. The summed E-state index contributed by atoms with van der Waals surface area (Å²) in [5.41, 5.74) is 0. The van der Waals surface area contributed by atoms with Crippen molar-refractivity contribution in [3.05, 3.63) is 0 Å². The number of carboxylic acids is 1. The quantitative estimate of drug-likeness (QED) is 0.545. The Kier molecular flexibility index (Phi) is 3.43. The van der Waals surface area contributed by atoms with E-state index in [1.54, 1.807) is 4.90 Å². The Labute approximate surface area is 82.0 Å². The summed E-state index contributed by atoms with van der Waals surface area (Å²) >= 11 is 0. The van der Waals surface area contributed by atoms with Crippen LogP contribution < -0.4 is 0 Å². The van der Waals surface area contributed by atoms with Crippen LogP contribution in [-0.2, 0) is 14.3 Å². The number of ether oxygens (including phenoxy) is 2. The fraction of sp³-hybridized carbons (Fsp3) is 0.875. The lowest BCUT2D eigenvalue weighted by Gasteiger charge is -2.49. The Hall–Kier alpha value is -0.690. The average molecular weight is 205 g/mol. The normalized spacial score (nSPS) is 22.8. The number of rotatable bonds is 5. The molecule has 1 aliphatic rings. The van der Waals surface area contributed by atoms with Gasteiger partial charge in [-0.05, 0) is 0 Å². The number of aliphatic hydroxyl groups is 1. The van der Waals surface area contributed by atoms with Crippen molar-refractivity contribution in [2.45, 2.75) is 11.8 Å². The lowest BCUT2D eigenvalue weighted by atomic mass is 10.0. The zero-order valence-electron chi connectivity index (χ0n) is 8.27. The topological polar surface area (TPSA) is 79.2 Å². The molecule has 6 nitrogen and oxygen atoms in total. The molecule has 1 unspecified atom stereocenters. The van der Waals surface area contributed by atoms with Crippen molar-refractivity contribution < 1.29 is 24.5 Å². The smallest absolute Gasteiger partial charge is 0.323 e. The van der Waals surface area contributed by atoms with Crippen LogP contribution in [0.15, 0.2) is 0 Å². The first-order valence-corrected chi connectivity index (χ1v) is 4.26. The third-order valence-corrected chi connectivity index (χ3v) is 2.53. The third-order valence-electron chi connectivity index (χ3n) is 2.53. The van der Waals surface area contributed by atoms with Gasteiger partial charge in [0.05, 0.1) is 19.7 Å². The minimum absolute atomic E-state index is 0.359. The SMILES string of the molecule is COC1(OC)CN(C(CO)C(=O)O)C1. The van der Waals surface area contributed by atoms with E-state index < -0.39 is 24.4 Å². The fourth-order valence-electron chi connectivity index (χ4n) is 1.48. The molecule has 0 bridgehead atoms. The average Bonchev–Trinajstić information content (AvgIpc) is 2.10. The second-order valence-electron chi connectivity index (χ2n) is 3.26. The van der Waals surface area contributed by atoms with Gasteiger partial charge >= 0.3 is 5.97 Å². The van der Waals surface area contributed by atoms with E-state index in [9.17, 15) is 4.79 Å². The summed E-state index contributed by atoms with van der Waals surface area (Å²) in [5.74, 6) is -1.74. The maximum Gasteiger partial charge on any atom is 0.323 e. The van der Waals surface area contributed by atoms with E-state index in [1.807, 2.05) is 0 Å². The van der Waals surface area contributed by atoms with Gasteiger partial charge in [-0.3, -0.25) is 9.69 Å². The Bertz CT molecular complexity index is 208. The Morgan fingerprint density at radius 1 is 1.50 bits per heavy atom. The molecule has 0 amide bonds. The zero-order valence-corrected chi connectivity index (χ0v) is 8.27. The second-order valence-corrected chi connectivity index (χ2v) is 3.26. The Morgan fingerprint density at radius 2 is 2.00 bits per heavy atom. The van der Waals surface area contributed by atoms with Gasteiger partial charge in [0.15, 0.2) is 5.79 Å². The van der Waals surface area contributed by atoms with Gasteiger partial charge in [0, 0.05) is 14.2 Å². The van der Waals surface area contributed by atoms with Crippen LogP contribution in [-0.4, -0.2) is 66.8 Å². The summed E-state index contributed by atoms with van der Waals surface area (Å²) in [6, 6.07) is -0.867. The van der Waals surface area contributed by atoms with Crippen molar-refractivity contribution in [1.29, 1.82) is 0 Å². The lowest BCUT2D eigenvalue weighted by molar-refractivity contribution is -0.282. The highest BCUT2D eigenvalue weighted by Gasteiger charge is 2.48. The molecule has 0 spiro atoms. The van der Waals surface area contributed by atoms with Crippen molar-refractivity contribution in [3.8, 4) is 0 Å². The molecule has 6 heteroatoms. The predicted octanol–water partition coefficient (Wildman–Crippen LogP) is -1.26. The van der Waals surface area contributed by atoms with Crippen molar-refractivity contribution >= 4 is 5.97 Å². The van der Waals surface area contributed by atoms with Gasteiger partial charge in [-0.2, -0.15) is 0 Å². The largest absolute Gasteiger partial charge is 0.480 e. The molecule has 1 fully saturated rings. The second kappa shape index (κ2) is 4.22. The molecular weight excluding hydrogens is 190 g/mol. The van der Waals surface area contributed by atoms with Crippen LogP contribution in [0.25, 0.3) is 0 Å². The molecule has 0 saturated carbocycles. The lowest BCUT2D eigenvalue weighted by Crippen LogP contribution is -2.68. The number of likely N-dealkylation sites (tertiary alicyclic amines) is 1. The van der Waals surface area contributed by atoms with Gasteiger partial charge in [0.25, 0.3) is 0 Å². The first-order valence-electron chi connectivity index (χ1n) is 4.26. The van der Waals surface area contributed by atoms with E-state index in [0.717, 1.165) is 0 Å². The number of methoxy groups -OCH3 is 2. The molecule has 0 aromatic heterocycles. The molecular formula is C8H15NO5. The maximum absolute atomic E-state index is 10.7.